The third-order valence-corrected chi connectivity index (χ3v) is 17.0. The zero-order valence-corrected chi connectivity index (χ0v) is 41.2. The zero-order chi connectivity index (χ0) is 47.5. The zero-order valence-electron chi connectivity index (χ0n) is 40.4. The van der Waals surface area contributed by atoms with Gasteiger partial charge in [0, 0.05) is 26.7 Å². The van der Waals surface area contributed by atoms with Crippen molar-refractivity contribution in [3.63, 3.8) is 0 Å². The maximum Gasteiger partial charge on any atom is 0.0726 e. The highest BCUT2D eigenvalue weighted by molar-refractivity contribution is 7.26. The van der Waals surface area contributed by atoms with E-state index in [1.165, 1.54) is 131 Å². The van der Waals surface area contributed by atoms with Gasteiger partial charge in [-0.1, -0.05) is 204 Å². The van der Waals surface area contributed by atoms with Crippen molar-refractivity contribution in [2.24, 2.45) is 0 Å². The molecular formula is C69H51NS. The van der Waals surface area contributed by atoms with E-state index in [9.17, 15) is 0 Å². The maximum absolute atomic E-state index is 2.57. The minimum atomic E-state index is -0.478. The molecule has 11 aromatic carbocycles. The van der Waals surface area contributed by atoms with Crippen molar-refractivity contribution in [3.8, 4) is 44.5 Å². The number of rotatable bonds is 7. The van der Waals surface area contributed by atoms with Crippen LogP contribution in [0.4, 0.5) is 17.1 Å². The quantitative estimate of drug-likeness (QED) is 0.154. The van der Waals surface area contributed by atoms with Crippen molar-refractivity contribution in [3.05, 3.63) is 258 Å². The highest BCUT2D eigenvalue weighted by Crippen LogP contribution is 2.65. The lowest BCUT2D eigenvalue weighted by atomic mass is 9.69. The predicted octanol–water partition coefficient (Wildman–Crippen LogP) is 19.8. The lowest BCUT2D eigenvalue weighted by molar-refractivity contribution is 0.777. The largest absolute Gasteiger partial charge is 0.308 e. The fraction of sp³-hybridized carbons (Fsp3) is 0.101. The van der Waals surface area contributed by atoms with Crippen LogP contribution in [0.5, 0.6) is 0 Å². The minimum absolute atomic E-state index is 0.401. The Hall–Kier alpha value is -8.04. The molecule has 0 aliphatic heterocycles. The van der Waals surface area contributed by atoms with Crippen LogP contribution in [0, 0.1) is 0 Å². The topological polar surface area (TPSA) is 3.24 Å². The van der Waals surface area contributed by atoms with Gasteiger partial charge < -0.3 is 4.90 Å². The molecule has 0 radical (unpaired) electrons. The van der Waals surface area contributed by atoms with E-state index in [1.807, 2.05) is 11.3 Å². The van der Waals surface area contributed by atoms with E-state index in [4.69, 9.17) is 0 Å². The summed E-state index contributed by atoms with van der Waals surface area (Å²) >= 11 is 1.89. The molecule has 0 bridgehead atoms. The van der Waals surface area contributed by atoms with Crippen molar-refractivity contribution in [1.29, 1.82) is 0 Å². The molecule has 0 amide bonds. The van der Waals surface area contributed by atoms with Crippen molar-refractivity contribution in [2.45, 2.75) is 44.9 Å². The van der Waals surface area contributed by atoms with Gasteiger partial charge in [0.1, 0.15) is 0 Å². The van der Waals surface area contributed by atoms with Gasteiger partial charge in [-0.3, -0.25) is 0 Å². The van der Waals surface area contributed by atoms with Crippen LogP contribution in [0.15, 0.2) is 224 Å². The highest BCUT2D eigenvalue weighted by Gasteiger charge is 2.53. The summed E-state index contributed by atoms with van der Waals surface area (Å²) < 4.78 is 2.59. The van der Waals surface area contributed by atoms with Gasteiger partial charge in [0.2, 0.25) is 0 Å². The molecule has 0 atom stereocenters. The first-order valence-corrected chi connectivity index (χ1v) is 26.0. The second kappa shape index (κ2) is 16.0. The van der Waals surface area contributed by atoms with Gasteiger partial charge in [0.25, 0.3) is 0 Å². The van der Waals surface area contributed by atoms with Crippen LogP contribution in [-0.2, 0) is 5.41 Å². The van der Waals surface area contributed by atoms with Crippen LogP contribution in [0.25, 0.3) is 86.2 Å². The van der Waals surface area contributed by atoms with Crippen LogP contribution in [0.1, 0.15) is 72.9 Å². The summed E-state index contributed by atoms with van der Waals surface area (Å²) in [6.45, 7) is 9.29. The Morgan fingerprint density at radius 2 is 0.887 bits per heavy atom. The number of fused-ring (bicyclic) bond motifs is 15. The van der Waals surface area contributed by atoms with E-state index in [2.05, 4.69) is 257 Å². The molecule has 0 saturated heterocycles. The van der Waals surface area contributed by atoms with Crippen molar-refractivity contribution >= 4 is 70.1 Å². The van der Waals surface area contributed by atoms with Gasteiger partial charge in [-0.2, -0.15) is 0 Å². The van der Waals surface area contributed by atoms with E-state index in [0.717, 1.165) is 5.69 Å². The Morgan fingerprint density at radius 1 is 0.366 bits per heavy atom. The Labute approximate surface area is 420 Å². The Balaban J connectivity index is 0.952. The molecule has 1 aromatic heterocycles. The number of anilines is 3. The first-order chi connectivity index (χ1) is 34.8. The smallest absolute Gasteiger partial charge is 0.0726 e. The van der Waals surface area contributed by atoms with Gasteiger partial charge in [0.05, 0.1) is 21.5 Å². The maximum atomic E-state index is 2.57. The molecule has 2 aliphatic rings. The summed E-state index contributed by atoms with van der Waals surface area (Å²) in [6.07, 6.45) is 0. The van der Waals surface area contributed by atoms with Crippen LogP contribution in [-0.4, -0.2) is 0 Å². The lowest BCUT2D eigenvalue weighted by Gasteiger charge is -2.32. The Bertz CT molecular complexity index is 4070. The average molecular weight is 926 g/mol. The molecule has 1 spiro atoms. The van der Waals surface area contributed by atoms with Crippen molar-refractivity contribution in [2.75, 3.05) is 4.90 Å². The summed E-state index contributed by atoms with van der Waals surface area (Å²) in [5.41, 5.74) is 21.4. The number of thiophene rings is 1. The first kappa shape index (κ1) is 41.9. The summed E-state index contributed by atoms with van der Waals surface area (Å²) in [5.74, 6) is 0.803. The number of hydrogen-bond acceptors (Lipinski definition) is 2. The summed E-state index contributed by atoms with van der Waals surface area (Å²) in [7, 11) is 0. The molecule has 12 aromatic rings. The normalized spacial score (nSPS) is 13.2. The van der Waals surface area contributed by atoms with Crippen LogP contribution < -0.4 is 4.90 Å². The minimum Gasteiger partial charge on any atom is -0.308 e. The molecule has 71 heavy (non-hydrogen) atoms. The summed E-state index contributed by atoms with van der Waals surface area (Å²) in [4.78, 5) is 2.57. The number of hydrogen-bond donors (Lipinski definition) is 0. The van der Waals surface area contributed by atoms with E-state index in [0.29, 0.717) is 11.8 Å². The lowest BCUT2D eigenvalue weighted by Crippen LogP contribution is -2.26. The monoisotopic (exact) mass is 925 g/mol. The fourth-order valence-electron chi connectivity index (χ4n) is 12.2. The van der Waals surface area contributed by atoms with E-state index < -0.39 is 5.41 Å². The molecule has 1 nitrogen and oxygen atoms in total. The molecule has 0 N–H and O–H groups in total. The van der Waals surface area contributed by atoms with Gasteiger partial charge >= 0.3 is 0 Å². The molecule has 0 unspecified atom stereocenters. The molecule has 2 heteroatoms. The van der Waals surface area contributed by atoms with Gasteiger partial charge in [0.15, 0.2) is 0 Å². The number of nitrogens with zero attached hydrogens (tertiary/aromatic N) is 1. The highest BCUT2D eigenvalue weighted by atomic mass is 32.1. The third kappa shape index (κ3) is 6.31. The Morgan fingerprint density at radius 3 is 1.58 bits per heavy atom. The fourth-order valence-corrected chi connectivity index (χ4v) is 13.5. The molecule has 2 aliphatic carbocycles. The van der Waals surface area contributed by atoms with Crippen molar-refractivity contribution < 1.29 is 0 Å². The molecular weight excluding hydrogens is 875 g/mol. The van der Waals surface area contributed by atoms with Crippen LogP contribution in [0.2, 0.25) is 0 Å². The predicted molar refractivity (Wildman–Crippen MR) is 304 cm³/mol. The van der Waals surface area contributed by atoms with Crippen LogP contribution >= 0.6 is 11.3 Å². The SMILES string of the molecule is CC(C)c1ccc2c(c1)C1(c3cc(C(C)C)ccc3-2)c2ccccc2-c2c(N(c3ccc(-c4ccc5cc(-c6ccc7ccccc7c6)ccc5c4)cc3)c3cccc4c3sc3ccccc34)cccc21. The molecule has 0 saturated carbocycles. The second-order valence-corrected chi connectivity index (χ2v) is 21.4. The molecule has 338 valence electrons. The second-order valence-electron chi connectivity index (χ2n) is 20.4. The number of benzene rings is 11. The molecule has 1 heterocycles. The van der Waals surface area contributed by atoms with Gasteiger partial charge in [-0.25, -0.2) is 0 Å². The van der Waals surface area contributed by atoms with E-state index in [1.54, 1.807) is 0 Å². The molecule has 0 fully saturated rings. The standard InChI is InChI=1S/C69H51NS/c1-42(2)46-31-35-55-56-36-32-47(43(3)4)41-63(56)69(62(55)40-46)60-18-9-7-16-59(60)67-61(69)19-12-20-64(67)70(65-21-11-17-58-57-15-8-10-22-66(57)71-68(58)65)54-33-29-45(30-34-54)49-25-26-52-39-53(28-27-51(52)38-49)50-24-23-44-13-5-6-14-48(44)37-50/h5-43H,1-4H3. The van der Waals surface area contributed by atoms with Crippen molar-refractivity contribution in [1.82, 2.24) is 0 Å². The summed E-state index contributed by atoms with van der Waals surface area (Å²) in [5, 5.41) is 7.59. The molecule has 14 rings (SSSR count). The van der Waals surface area contributed by atoms with Gasteiger partial charge in [-0.15, -0.1) is 11.3 Å². The Kier molecular flexibility index (Phi) is 9.44. The third-order valence-electron chi connectivity index (χ3n) is 15.8. The van der Waals surface area contributed by atoms with Gasteiger partial charge in [-0.05, 0) is 154 Å². The first-order valence-electron chi connectivity index (χ1n) is 25.2. The van der Waals surface area contributed by atoms with Crippen LogP contribution in [0.3, 0.4) is 0 Å². The van der Waals surface area contributed by atoms with E-state index in [-0.39, 0.29) is 0 Å². The van der Waals surface area contributed by atoms with E-state index >= 15 is 0 Å². The average Bonchev–Trinajstić information content (AvgIpc) is 4.08. The summed E-state index contributed by atoms with van der Waals surface area (Å²) in [6, 6.07) is 85.3.